The molecule has 94 valence electrons. The van der Waals surface area contributed by atoms with Crippen molar-refractivity contribution in [2.45, 2.75) is 11.5 Å². The van der Waals surface area contributed by atoms with E-state index in [-0.39, 0.29) is 0 Å². The predicted molar refractivity (Wildman–Crippen MR) is 87.9 cm³/mol. The van der Waals surface area contributed by atoms with Gasteiger partial charge in [-0.1, -0.05) is 0 Å². The second-order valence-corrected chi connectivity index (χ2v) is 11.5. The zero-order chi connectivity index (χ0) is 13.2. The summed E-state index contributed by atoms with van der Waals surface area (Å²) in [5, 5.41) is 2.64. The van der Waals surface area contributed by atoms with E-state index in [0.717, 1.165) is 0 Å². The molecule has 0 radical (unpaired) electrons. The molecule has 0 amide bonds. The van der Waals surface area contributed by atoms with Crippen LogP contribution in [-0.2, 0) is 0 Å². The third-order valence-corrected chi connectivity index (χ3v) is 7.31. The quantitative estimate of drug-likeness (QED) is 0.623. The van der Waals surface area contributed by atoms with Crippen molar-refractivity contribution in [1.29, 1.82) is 0 Å². The molecular formula is C18H18Ge. The molecule has 0 bridgehead atoms. The molecule has 0 unspecified atom stereocenters. The molecule has 3 aromatic carbocycles. The van der Waals surface area contributed by atoms with Gasteiger partial charge in [0.25, 0.3) is 0 Å². The second kappa shape index (κ2) is 5.22. The van der Waals surface area contributed by atoms with Crippen LogP contribution >= 0.6 is 0 Å². The van der Waals surface area contributed by atoms with Gasteiger partial charge >= 0.3 is 119 Å². The summed E-state index contributed by atoms with van der Waals surface area (Å²) in [7, 11) is 0. The van der Waals surface area contributed by atoms with Gasteiger partial charge in [-0.05, 0) is 0 Å². The minimum atomic E-state index is -1.27. The van der Waals surface area contributed by atoms with E-state index >= 15 is 0 Å². The van der Waals surface area contributed by atoms with Crippen molar-refractivity contribution < 1.29 is 0 Å². The molecule has 0 fully saturated rings. The van der Waals surface area contributed by atoms with Gasteiger partial charge in [0.05, 0.1) is 0 Å². The minimum absolute atomic E-state index is 1.27. The molecule has 0 heterocycles. The van der Waals surface area contributed by atoms with E-state index in [9.17, 15) is 0 Å². The molecule has 3 rings (SSSR count). The Bertz CT molecular complexity index is 713. The average Bonchev–Trinajstić information content (AvgIpc) is 2.46. The molecule has 0 saturated heterocycles. The summed E-state index contributed by atoms with van der Waals surface area (Å²) in [5.41, 5.74) is 2.79. The Morgan fingerprint density at radius 3 is 2.16 bits per heavy atom. The fourth-order valence-corrected chi connectivity index (χ4v) is 5.52. The summed E-state index contributed by atoms with van der Waals surface area (Å²) in [6, 6.07) is 24.3. The van der Waals surface area contributed by atoms with Gasteiger partial charge < -0.3 is 0 Å². The van der Waals surface area contributed by atoms with Crippen molar-refractivity contribution in [3.05, 3.63) is 66.7 Å². The average molecular weight is 307 g/mol. The van der Waals surface area contributed by atoms with Gasteiger partial charge in [-0.25, -0.2) is 0 Å². The van der Waals surface area contributed by atoms with Gasteiger partial charge in [0.2, 0.25) is 0 Å². The zero-order valence-electron chi connectivity index (χ0n) is 11.4. The summed E-state index contributed by atoms with van der Waals surface area (Å²) in [5.74, 6) is 4.87. The molecular weight excluding hydrogens is 289 g/mol. The van der Waals surface area contributed by atoms with Crippen molar-refractivity contribution in [1.82, 2.24) is 0 Å². The number of rotatable bonds is 2. The number of benzene rings is 3. The zero-order valence-corrected chi connectivity index (χ0v) is 13.9. The topological polar surface area (TPSA) is 0 Å². The number of hydrogen-bond acceptors (Lipinski definition) is 0. The third kappa shape index (κ3) is 2.45. The third-order valence-electron chi connectivity index (χ3n) is 3.64. The van der Waals surface area contributed by atoms with Gasteiger partial charge in [-0.3, -0.25) is 0 Å². The molecule has 0 atom stereocenters. The Morgan fingerprint density at radius 1 is 0.684 bits per heavy atom. The molecule has 0 N–H and O–H groups in total. The van der Waals surface area contributed by atoms with E-state index < -0.39 is 14.3 Å². The van der Waals surface area contributed by atoms with Gasteiger partial charge in [0.1, 0.15) is 0 Å². The van der Waals surface area contributed by atoms with Crippen LogP contribution in [0.3, 0.4) is 0 Å². The van der Waals surface area contributed by atoms with E-state index in [4.69, 9.17) is 0 Å². The molecule has 0 aliphatic heterocycles. The van der Waals surface area contributed by atoms with Crippen LogP contribution in [0.25, 0.3) is 21.9 Å². The maximum atomic E-state index is 2.44. The molecule has 3 aromatic rings. The molecule has 0 spiro atoms. The first-order valence-electron chi connectivity index (χ1n) is 6.84. The monoisotopic (exact) mass is 308 g/mol. The Hall–Kier alpha value is -1.54. The van der Waals surface area contributed by atoms with Gasteiger partial charge in [0, 0.05) is 0 Å². The maximum absolute atomic E-state index is 2.44. The van der Waals surface area contributed by atoms with E-state index in [2.05, 4.69) is 78.2 Å². The Morgan fingerprint density at radius 2 is 1.37 bits per heavy atom. The Labute approximate surface area is 119 Å². The molecule has 0 aliphatic rings. The summed E-state index contributed by atoms with van der Waals surface area (Å²) >= 11 is -1.27. The molecule has 1 heteroatoms. The fraction of sp³-hybridized carbons (Fsp3) is 0.111. The van der Waals surface area contributed by atoms with Gasteiger partial charge in [0.15, 0.2) is 0 Å². The normalized spacial score (nSPS) is 11.1. The van der Waals surface area contributed by atoms with Gasteiger partial charge in [-0.15, -0.1) is 0 Å². The molecule has 0 aromatic heterocycles. The van der Waals surface area contributed by atoms with Crippen LogP contribution in [-0.4, -0.2) is 14.3 Å². The van der Waals surface area contributed by atoms with Crippen molar-refractivity contribution in [3.8, 4) is 11.1 Å². The first-order chi connectivity index (χ1) is 9.25. The van der Waals surface area contributed by atoms with E-state index in [0.29, 0.717) is 0 Å². The summed E-state index contributed by atoms with van der Waals surface area (Å²) in [6.07, 6.45) is 0. The number of fused-ring (bicyclic) bond motifs is 1. The molecule has 19 heavy (non-hydrogen) atoms. The predicted octanol–water partition coefficient (Wildman–Crippen LogP) is 4.20. The summed E-state index contributed by atoms with van der Waals surface area (Å²) < 4.78 is 1.60. The van der Waals surface area contributed by atoms with Crippen LogP contribution in [0, 0.1) is 0 Å². The van der Waals surface area contributed by atoms with Crippen LogP contribution in [0.4, 0.5) is 0 Å². The molecule has 0 aliphatic carbocycles. The van der Waals surface area contributed by atoms with Crippen molar-refractivity contribution in [3.63, 3.8) is 0 Å². The van der Waals surface area contributed by atoms with E-state index in [1.54, 1.807) is 4.40 Å². The van der Waals surface area contributed by atoms with Crippen LogP contribution < -0.4 is 4.40 Å². The summed E-state index contributed by atoms with van der Waals surface area (Å²) in [4.78, 5) is 0. The van der Waals surface area contributed by atoms with Crippen LogP contribution in [0.2, 0.25) is 11.5 Å². The van der Waals surface area contributed by atoms with Gasteiger partial charge in [-0.2, -0.15) is 0 Å². The number of hydrogen-bond donors (Lipinski definition) is 0. The van der Waals surface area contributed by atoms with E-state index in [1.807, 2.05) is 0 Å². The Kier molecular flexibility index (Phi) is 3.43. The molecule has 0 nitrogen and oxygen atoms in total. The SMILES string of the molecule is [CH3][GeH]([CH3])[c]1ccccc1-c1ccc2ccccc2c1. The van der Waals surface area contributed by atoms with Crippen molar-refractivity contribution in [2.24, 2.45) is 0 Å². The van der Waals surface area contributed by atoms with E-state index in [1.165, 1.54) is 21.9 Å². The van der Waals surface area contributed by atoms with Crippen molar-refractivity contribution >= 4 is 29.5 Å². The fourth-order valence-electron chi connectivity index (χ4n) is 2.62. The first kappa shape index (κ1) is 12.5. The first-order valence-corrected chi connectivity index (χ1v) is 12.9. The van der Waals surface area contributed by atoms with Crippen LogP contribution in [0.5, 0.6) is 0 Å². The standard InChI is InChI=1S/C18H18Ge/c1-19(2)18-10-6-5-9-17(18)16-12-11-14-7-3-4-8-15(14)13-16/h3-13,19H,1-2H3. The Balaban J connectivity index is 2.19. The van der Waals surface area contributed by atoms with Crippen molar-refractivity contribution in [2.75, 3.05) is 0 Å². The molecule has 0 saturated carbocycles. The summed E-state index contributed by atoms with van der Waals surface area (Å²) in [6.45, 7) is 0. The van der Waals surface area contributed by atoms with Crippen LogP contribution in [0.15, 0.2) is 66.7 Å². The van der Waals surface area contributed by atoms with Crippen LogP contribution in [0.1, 0.15) is 0 Å². The second-order valence-electron chi connectivity index (χ2n) is 5.30.